The van der Waals surface area contributed by atoms with E-state index in [-0.39, 0.29) is 5.69 Å². The number of benzene rings is 1. The first-order chi connectivity index (χ1) is 10.6. The maximum absolute atomic E-state index is 11.1. The lowest BCUT2D eigenvalue weighted by molar-refractivity contribution is -0.385. The molecular formula is C16H19BN2O4. The standard InChI is InChI=1S/C16H19BN2O4/c1-10-12-8-11(17-22-15(2,3)16(4,5)23-17)6-7-13(12)18-9-14(10)19(20)21/h6-9H,1-5H3. The minimum Gasteiger partial charge on any atom is -0.399 e. The van der Waals surface area contributed by atoms with Gasteiger partial charge in [-0.05, 0) is 46.1 Å². The van der Waals surface area contributed by atoms with Crippen molar-refractivity contribution in [3.63, 3.8) is 0 Å². The Labute approximate surface area is 135 Å². The molecule has 3 rings (SSSR count). The molecule has 2 aromatic rings. The molecule has 23 heavy (non-hydrogen) atoms. The molecule has 1 aromatic carbocycles. The summed E-state index contributed by atoms with van der Waals surface area (Å²) in [7, 11) is -0.497. The van der Waals surface area contributed by atoms with Crippen molar-refractivity contribution in [3.8, 4) is 0 Å². The molecule has 0 aliphatic carbocycles. The highest BCUT2D eigenvalue weighted by molar-refractivity contribution is 6.62. The number of pyridine rings is 1. The van der Waals surface area contributed by atoms with Crippen LogP contribution in [0.15, 0.2) is 24.4 Å². The normalized spacial score (nSPS) is 19.3. The molecule has 2 heterocycles. The lowest BCUT2D eigenvalue weighted by Crippen LogP contribution is -2.41. The first-order valence-electron chi connectivity index (χ1n) is 7.52. The van der Waals surface area contributed by atoms with Crippen molar-refractivity contribution in [3.05, 3.63) is 40.1 Å². The molecular weight excluding hydrogens is 295 g/mol. The Morgan fingerprint density at radius 2 is 1.78 bits per heavy atom. The molecule has 1 saturated heterocycles. The van der Waals surface area contributed by atoms with Crippen molar-refractivity contribution in [2.24, 2.45) is 0 Å². The number of hydrogen-bond acceptors (Lipinski definition) is 5. The van der Waals surface area contributed by atoms with E-state index in [2.05, 4.69) is 4.98 Å². The van der Waals surface area contributed by atoms with Crippen LogP contribution in [0.4, 0.5) is 5.69 Å². The molecule has 0 N–H and O–H groups in total. The molecule has 0 saturated carbocycles. The fourth-order valence-electron chi connectivity index (χ4n) is 2.64. The fraction of sp³-hybridized carbons (Fsp3) is 0.438. The number of nitro groups is 1. The van der Waals surface area contributed by atoms with Crippen LogP contribution >= 0.6 is 0 Å². The molecule has 0 unspecified atom stereocenters. The van der Waals surface area contributed by atoms with Gasteiger partial charge in [0.15, 0.2) is 0 Å². The first kappa shape index (κ1) is 15.9. The largest absolute Gasteiger partial charge is 0.494 e. The molecule has 6 nitrogen and oxygen atoms in total. The number of rotatable bonds is 2. The average Bonchev–Trinajstić information content (AvgIpc) is 2.67. The molecule has 1 aliphatic rings. The minimum atomic E-state index is -0.497. The van der Waals surface area contributed by atoms with Crippen LogP contribution in [0.3, 0.4) is 0 Å². The highest BCUT2D eigenvalue weighted by Gasteiger charge is 2.51. The third-order valence-corrected chi connectivity index (χ3v) is 4.86. The summed E-state index contributed by atoms with van der Waals surface area (Å²) in [4.78, 5) is 14.8. The van der Waals surface area contributed by atoms with Crippen molar-refractivity contribution in [2.45, 2.75) is 45.8 Å². The van der Waals surface area contributed by atoms with Crippen molar-refractivity contribution in [1.82, 2.24) is 4.98 Å². The Kier molecular flexibility index (Phi) is 3.46. The van der Waals surface area contributed by atoms with E-state index in [4.69, 9.17) is 9.31 Å². The summed E-state index contributed by atoms with van der Waals surface area (Å²) in [5.41, 5.74) is 1.31. The minimum absolute atomic E-state index is 0.0172. The maximum Gasteiger partial charge on any atom is 0.494 e. The zero-order valence-electron chi connectivity index (χ0n) is 13.9. The highest BCUT2D eigenvalue weighted by atomic mass is 16.7. The van der Waals surface area contributed by atoms with Crippen molar-refractivity contribution >= 4 is 29.2 Å². The quantitative estimate of drug-likeness (QED) is 0.484. The van der Waals surface area contributed by atoms with Crippen LogP contribution in [0.1, 0.15) is 33.3 Å². The third-order valence-electron chi connectivity index (χ3n) is 4.86. The lowest BCUT2D eigenvalue weighted by atomic mass is 9.78. The van der Waals surface area contributed by atoms with Gasteiger partial charge in [0.25, 0.3) is 5.69 Å². The molecule has 7 heteroatoms. The van der Waals surface area contributed by atoms with Gasteiger partial charge in [0.2, 0.25) is 0 Å². The fourth-order valence-corrected chi connectivity index (χ4v) is 2.64. The Hall–Kier alpha value is -1.99. The number of aromatic nitrogens is 1. The van der Waals surface area contributed by atoms with Crippen LogP contribution in [0.5, 0.6) is 0 Å². The van der Waals surface area contributed by atoms with Crippen LogP contribution in [0, 0.1) is 17.0 Å². The Morgan fingerprint density at radius 1 is 1.17 bits per heavy atom. The number of aryl methyl sites for hydroxylation is 1. The van der Waals surface area contributed by atoms with Gasteiger partial charge in [-0.1, -0.05) is 12.1 Å². The van der Waals surface area contributed by atoms with Crippen LogP contribution in [0.25, 0.3) is 10.9 Å². The van der Waals surface area contributed by atoms with Crippen LogP contribution in [-0.2, 0) is 9.31 Å². The summed E-state index contributed by atoms with van der Waals surface area (Å²) >= 11 is 0. The molecule has 0 radical (unpaired) electrons. The summed E-state index contributed by atoms with van der Waals surface area (Å²) in [6.45, 7) is 9.70. The summed E-state index contributed by atoms with van der Waals surface area (Å²) in [5, 5.41) is 11.8. The van der Waals surface area contributed by atoms with E-state index in [1.165, 1.54) is 6.20 Å². The predicted octanol–water partition coefficient (Wildman–Crippen LogP) is 2.75. The predicted molar refractivity (Wildman–Crippen MR) is 88.9 cm³/mol. The highest BCUT2D eigenvalue weighted by Crippen LogP contribution is 2.36. The molecule has 0 spiro atoms. The van der Waals surface area contributed by atoms with E-state index in [1.807, 2.05) is 45.9 Å². The van der Waals surface area contributed by atoms with Gasteiger partial charge in [-0.2, -0.15) is 0 Å². The second kappa shape index (κ2) is 5.01. The van der Waals surface area contributed by atoms with Gasteiger partial charge >= 0.3 is 7.12 Å². The zero-order valence-corrected chi connectivity index (χ0v) is 13.9. The lowest BCUT2D eigenvalue weighted by Gasteiger charge is -2.32. The summed E-state index contributed by atoms with van der Waals surface area (Å²) in [6.07, 6.45) is 1.30. The van der Waals surface area contributed by atoms with Crippen molar-refractivity contribution < 1.29 is 14.2 Å². The van der Waals surface area contributed by atoms with Crippen molar-refractivity contribution in [1.29, 1.82) is 0 Å². The number of nitrogens with zero attached hydrogens (tertiary/aromatic N) is 2. The molecule has 120 valence electrons. The topological polar surface area (TPSA) is 74.5 Å². The molecule has 1 aromatic heterocycles. The van der Waals surface area contributed by atoms with E-state index < -0.39 is 23.2 Å². The molecule has 1 aliphatic heterocycles. The van der Waals surface area contributed by atoms with Gasteiger partial charge in [0.05, 0.1) is 21.6 Å². The Morgan fingerprint density at radius 3 is 2.35 bits per heavy atom. The maximum atomic E-state index is 11.1. The van der Waals surface area contributed by atoms with Gasteiger partial charge in [-0.3, -0.25) is 10.1 Å². The zero-order chi connectivity index (χ0) is 17.0. The van der Waals surface area contributed by atoms with Crippen molar-refractivity contribution in [2.75, 3.05) is 0 Å². The molecule has 0 amide bonds. The van der Waals surface area contributed by atoms with Gasteiger partial charge in [0.1, 0.15) is 6.20 Å². The van der Waals surface area contributed by atoms with Crippen LogP contribution in [0.2, 0.25) is 0 Å². The van der Waals surface area contributed by atoms with E-state index in [0.717, 1.165) is 10.8 Å². The van der Waals surface area contributed by atoms with E-state index in [0.29, 0.717) is 11.1 Å². The summed E-state index contributed by atoms with van der Waals surface area (Å²) in [6, 6.07) is 5.60. The van der Waals surface area contributed by atoms with Crippen LogP contribution < -0.4 is 5.46 Å². The van der Waals surface area contributed by atoms with Gasteiger partial charge in [0, 0.05) is 10.9 Å². The van der Waals surface area contributed by atoms with Gasteiger partial charge in [-0.25, -0.2) is 4.98 Å². The third kappa shape index (κ3) is 2.50. The number of fused-ring (bicyclic) bond motifs is 1. The monoisotopic (exact) mass is 314 g/mol. The second-order valence-corrected chi connectivity index (χ2v) is 6.89. The van der Waals surface area contributed by atoms with Gasteiger partial charge in [-0.15, -0.1) is 0 Å². The van der Waals surface area contributed by atoms with E-state index in [9.17, 15) is 10.1 Å². The Bertz CT molecular complexity index is 788. The summed E-state index contributed by atoms with van der Waals surface area (Å²) < 4.78 is 12.1. The molecule has 0 bridgehead atoms. The van der Waals surface area contributed by atoms with Crippen LogP contribution in [-0.4, -0.2) is 28.2 Å². The Balaban J connectivity index is 2.07. The first-order valence-corrected chi connectivity index (χ1v) is 7.52. The van der Waals surface area contributed by atoms with E-state index in [1.54, 1.807) is 6.92 Å². The summed E-state index contributed by atoms with van der Waals surface area (Å²) in [5.74, 6) is 0. The average molecular weight is 314 g/mol. The van der Waals surface area contributed by atoms with Gasteiger partial charge < -0.3 is 9.31 Å². The smallest absolute Gasteiger partial charge is 0.399 e. The SMILES string of the molecule is Cc1c([N+](=O)[O-])cnc2ccc(B3OC(C)(C)C(C)(C)O3)cc12. The van der Waals surface area contributed by atoms with E-state index >= 15 is 0 Å². The number of hydrogen-bond donors (Lipinski definition) is 0. The second-order valence-electron chi connectivity index (χ2n) is 6.89. The molecule has 1 fully saturated rings. The molecule has 0 atom stereocenters.